The number of piperidine rings is 1. The maximum Gasteiger partial charge on any atom is 0.354 e. The number of nitrogens with zero attached hydrogens (tertiary/aromatic N) is 4. The molecule has 2 aromatic rings. The van der Waals surface area contributed by atoms with Crippen LogP contribution in [0, 0.1) is 0 Å². The molecule has 0 amide bonds. The number of carboxylic acid groups (broad SMARTS) is 1. The molecule has 118 valence electrons. The van der Waals surface area contributed by atoms with E-state index in [0.29, 0.717) is 12.8 Å². The Labute approximate surface area is 126 Å². The molecule has 1 aliphatic rings. The van der Waals surface area contributed by atoms with Crippen LogP contribution in [0.1, 0.15) is 23.3 Å². The number of hydrogen-bond acceptors (Lipinski definition) is 5. The van der Waals surface area contributed by atoms with Gasteiger partial charge in [-0.05, 0) is 32.0 Å². The van der Waals surface area contributed by atoms with Crippen LogP contribution in [0.15, 0.2) is 23.3 Å². The number of carboxylic acids is 1. The van der Waals surface area contributed by atoms with Gasteiger partial charge >= 0.3 is 5.97 Å². The number of likely N-dealkylation sites (tertiary alicyclic amines) is 1. The Bertz CT molecular complexity index is 771. The molecule has 0 saturated carbocycles. The van der Waals surface area contributed by atoms with Gasteiger partial charge in [0.25, 0.3) is 5.56 Å². The predicted octanol–water partition coefficient (Wildman–Crippen LogP) is -0.349. The van der Waals surface area contributed by atoms with Crippen molar-refractivity contribution in [2.24, 2.45) is 0 Å². The van der Waals surface area contributed by atoms with Gasteiger partial charge in [-0.25, -0.2) is 9.31 Å². The van der Waals surface area contributed by atoms with Crippen LogP contribution < -0.4 is 5.56 Å². The summed E-state index contributed by atoms with van der Waals surface area (Å²) in [7, 11) is 1.99. The van der Waals surface area contributed by atoms with E-state index >= 15 is 0 Å². The Hall–Kier alpha value is -2.19. The topological polar surface area (TPSA) is 100 Å². The Morgan fingerprint density at radius 1 is 1.36 bits per heavy atom. The highest BCUT2D eigenvalue weighted by molar-refractivity contribution is 5.87. The molecule has 0 aromatic carbocycles. The molecule has 3 rings (SSSR count). The number of aliphatic hydroxyl groups is 1. The molecule has 3 heterocycles. The minimum Gasteiger partial charge on any atom is -0.477 e. The quantitative estimate of drug-likeness (QED) is 0.804. The minimum atomic E-state index is -1.14. The van der Waals surface area contributed by atoms with E-state index in [-0.39, 0.29) is 23.3 Å². The van der Waals surface area contributed by atoms with Crippen LogP contribution in [-0.4, -0.2) is 61.0 Å². The number of aromatic carboxylic acids is 1. The van der Waals surface area contributed by atoms with Crippen LogP contribution in [0.3, 0.4) is 0 Å². The molecule has 0 radical (unpaired) electrons. The lowest BCUT2D eigenvalue weighted by Crippen LogP contribution is -2.47. The van der Waals surface area contributed by atoms with E-state index in [4.69, 9.17) is 5.11 Å². The van der Waals surface area contributed by atoms with Gasteiger partial charge in [0.15, 0.2) is 5.69 Å². The monoisotopic (exact) mass is 306 g/mol. The second-order valence-corrected chi connectivity index (χ2v) is 5.91. The highest BCUT2D eigenvalue weighted by Gasteiger charge is 2.32. The van der Waals surface area contributed by atoms with E-state index in [0.717, 1.165) is 17.6 Å². The van der Waals surface area contributed by atoms with E-state index in [1.54, 1.807) is 0 Å². The zero-order valence-electron chi connectivity index (χ0n) is 12.3. The molecule has 0 aliphatic carbocycles. The number of hydrogen-bond donors (Lipinski definition) is 2. The standard InChI is InChI=1S/C14H18N4O4/c1-16-6-4-14(22,5-7-16)8-17-9-15-18-10(12(17)19)2-3-11(18)13(20)21/h2-3,9,22H,4-8H2,1H3,(H,20,21). The minimum absolute atomic E-state index is 0.0581. The van der Waals surface area contributed by atoms with Crippen molar-refractivity contribution in [3.05, 3.63) is 34.5 Å². The SMILES string of the molecule is CN1CCC(O)(Cn2cnn3c(C(=O)O)ccc3c2=O)CC1. The maximum atomic E-state index is 12.4. The Kier molecular flexibility index (Phi) is 3.50. The zero-order valence-corrected chi connectivity index (χ0v) is 12.3. The van der Waals surface area contributed by atoms with Crippen molar-refractivity contribution in [3.8, 4) is 0 Å². The third kappa shape index (κ3) is 2.51. The van der Waals surface area contributed by atoms with E-state index in [2.05, 4.69) is 10.00 Å². The van der Waals surface area contributed by atoms with Crippen LogP contribution >= 0.6 is 0 Å². The highest BCUT2D eigenvalue weighted by Crippen LogP contribution is 2.22. The lowest BCUT2D eigenvalue weighted by molar-refractivity contribution is -0.0299. The Morgan fingerprint density at radius 3 is 2.68 bits per heavy atom. The second kappa shape index (κ2) is 5.22. The molecule has 22 heavy (non-hydrogen) atoms. The number of fused-ring (bicyclic) bond motifs is 1. The molecule has 1 fully saturated rings. The van der Waals surface area contributed by atoms with Gasteiger partial charge < -0.3 is 15.1 Å². The summed E-state index contributed by atoms with van der Waals surface area (Å²) in [5.74, 6) is -1.14. The molecule has 1 saturated heterocycles. The van der Waals surface area contributed by atoms with Gasteiger partial charge in [0.05, 0.1) is 12.1 Å². The summed E-state index contributed by atoms with van der Waals surface area (Å²) < 4.78 is 2.46. The van der Waals surface area contributed by atoms with Crippen LogP contribution in [0.4, 0.5) is 0 Å². The molecular weight excluding hydrogens is 288 g/mol. The van der Waals surface area contributed by atoms with Gasteiger partial charge in [-0.15, -0.1) is 0 Å². The second-order valence-electron chi connectivity index (χ2n) is 5.91. The predicted molar refractivity (Wildman–Crippen MR) is 78.1 cm³/mol. The van der Waals surface area contributed by atoms with E-state index < -0.39 is 11.6 Å². The molecular formula is C14H18N4O4. The van der Waals surface area contributed by atoms with Crippen LogP contribution in [0.2, 0.25) is 0 Å². The molecule has 0 bridgehead atoms. The van der Waals surface area contributed by atoms with Crippen molar-refractivity contribution in [1.82, 2.24) is 19.1 Å². The average Bonchev–Trinajstić information content (AvgIpc) is 2.90. The summed E-state index contributed by atoms with van der Waals surface area (Å²) in [6.07, 6.45) is 2.46. The van der Waals surface area contributed by atoms with Crippen molar-refractivity contribution in [1.29, 1.82) is 0 Å². The first-order valence-corrected chi connectivity index (χ1v) is 7.11. The molecule has 2 aromatic heterocycles. The third-order valence-corrected chi connectivity index (χ3v) is 4.24. The van der Waals surface area contributed by atoms with Gasteiger partial charge in [0.2, 0.25) is 0 Å². The van der Waals surface area contributed by atoms with Gasteiger partial charge in [0.1, 0.15) is 11.8 Å². The largest absolute Gasteiger partial charge is 0.477 e. The first-order valence-electron chi connectivity index (χ1n) is 7.11. The van der Waals surface area contributed by atoms with Crippen molar-refractivity contribution < 1.29 is 15.0 Å². The van der Waals surface area contributed by atoms with Gasteiger partial charge in [-0.3, -0.25) is 9.36 Å². The summed E-state index contributed by atoms with van der Waals surface area (Å²) in [6.45, 7) is 1.71. The fourth-order valence-corrected chi connectivity index (χ4v) is 2.81. The van der Waals surface area contributed by atoms with Gasteiger partial charge in [0, 0.05) is 13.1 Å². The molecule has 0 atom stereocenters. The lowest BCUT2D eigenvalue weighted by atomic mass is 9.91. The third-order valence-electron chi connectivity index (χ3n) is 4.24. The van der Waals surface area contributed by atoms with Crippen molar-refractivity contribution in [2.45, 2.75) is 25.0 Å². The maximum absolute atomic E-state index is 12.4. The summed E-state index contributed by atoms with van der Waals surface area (Å²) >= 11 is 0. The van der Waals surface area contributed by atoms with Crippen molar-refractivity contribution in [2.75, 3.05) is 20.1 Å². The average molecular weight is 306 g/mol. The van der Waals surface area contributed by atoms with E-state index in [1.165, 1.54) is 23.0 Å². The Balaban J connectivity index is 1.94. The molecule has 8 nitrogen and oxygen atoms in total. The molecule has 0 spiro atoms. The zero-order chi connectivity index (χ0) is 15.9. The number of rotatable bonds is 3. The highest BCUT2D eigenvalue weighted by atomic mass is 16.4. The molecule has 8 heteroatoms. The van der Waals surface area contributed by atoms with Crippen LogP contribution in [-0.2, 0) is 6.54 Å². The lowest BCUT2D eigenvalue weighted by Gasteiger charge is -2.36. The fourth-order valence-electron chi connectivity index (χ4n) is 2.81. The van der Waals surface area contributed by atoms with E-state index in [9.17, 15) is 14.7 Å². The molecule has 1 aliphatic heterocycles. The smallest absolute Gasteiger partial charge is 0.354 e. The normalized spacial score (nSPS) is 18.6. The van der Waals surface area contributed by atoms with E-state index in [1.807, 2.05) is 7.05 Å². The van der Waals surface area contributed by atoms with Gasteiger partial charge in [-0.1, -0.05) is 0 Å². The first-order chi connectivity index (χ1) is 10.4. The summed E-state index contributed by atoms with van der Waals surface area (Å²) in [4.78, 5) is 25.6. The summed E-state index contributed by atoms with van der Waals surface area (Å²) in [5, 5.41) is 23.7. The van der Waals surface area contributed by atoms with Crippen LogP contribution in [0.25, 0.3) is 5.52 Å². The molecule has 0 unspecified atom stereocenters. The van der Waals surface area contributed by atoms with Crippen molar-refractivity contribution >= 4 is 11.5 Å². The molecule has 2 N–H and O–H groups in total. The van der Waals surface area contributed by atoms with Crippen molar-refractivity contribution in [3.63, 3.8) is 0 Å². The number of aromatic nitrogens is 3. The summed E-state index contributed by atoms with van der Waals surface area (Å²) in [5.41, 5.74) is -1.15. The first kappa shape index (κ1) is 14.7. The van der Waals surface area contributed by atoms with Crippen LogP contribution in [0.5, 0.6) is 0 Å². The fraction of sp³-hybridized carbons (Fsp3) is 0.500. The van der Waals surface area contributed by atoms with Gasteiger partial charge in [-0.2, -0.15) is 5.10 Å². The summed E-state index contributed by atoms with van der Waals surface area (Å²) in [6, 6.07) is 2.79. The Morgan fingerprint density at radius 2 is 2.05 bits per heavy atom. The number of carbonyl (C=O) groups is 1.